The number of rotatable bonds is 9. The van der Waals surface area contributed by atoms with E-state index < -0.39 is 11.7 Å². The molecular weight excluding hydrogens is 1030 g/mol. The molecule has 0 fully saturated rings. The number of hydrogen-bond acceptors (Lipinski definition) is 8. The maximum Gasteiger partial charge on any atom is 0.416 e. The fourth-order valence-corrected chi connectivity index (χ4v) is 10.9. The Hall–Kier alpha value is -11.4. The molecule has 14 rings (SSSR count). The van der Waals surface area contributed by atoms with Crippen LogP contribution in [0.3, 0.4) is 0 Å². The Labute approximate surface area is 466 Å². The fourth-order valence-electron chi connectivity index (χ4n) is 10.9. The van der Waals surface area contributed by atoms with Gasteiger partial charge in [-0.1, -0.05) is 164 Å². The van der Waals surface area contributed by atoms with E-state index in [9.17, 15) is 23.7 Å². The van der Waals surface area contributed by atoms with Gasteiger partial charge in [0.25, 0.3) is 0 Å². The van der Waals surface area contributed by atoms with Gasteiger partial charge in [0.05, 0.1) is 50.6 Å². The predicted octanol–water partition coefficient (Wildman–Crippen LogP) is 16.7. The van der Waals surface area contributed by atoms with Crippen molar-refractivity contribution in [3.05, 3.63) is 253 Å². The van der Waals surface area contributed by atoms with Gasteiger partial charge in [0.2, 0.25) is 0 Å². The van der Waals surface area contributed by atoms with Gasteiger partial charge in [0.15, 0.2) is 34.9 Å². The third-order valence-electron chi connectivity index (χ3n) is 14.7. The lowest BCUT2D eigenvalue weighted by molar-refractivity contribution is -0.137. The van der Waals surface area contributed by atoms with Crippen molar-refractivity contribution in [2.24, 2.45) is 0 Å². The molecule has 13 heteroatoms. The zero-order valence-electron chi connectivity index (χ0n) is 43.1. The van der Waals surface area contributed by atoms with Crippen molar-refractivity contribution >= 4 is 43.6 Å². The number of halogens is 3. The average Bonchev–Trinajstić information content (AvgIpc) is 4.19. The molecule has 10 aromatic carbocycles. The maximum atomic E-state index is 14.3. The fraction of sp³-hybridized carbons (Fsp3) is 0.0145. The number of para-hydroxylation sites is 2. The van der Waals surface area contributed by atoms with Gasteiger partial charge in [0.1, 0.15) is 11.6 Å². The lowest BCUT2D eigenvalue weighted by Gasteiger charge is -2.19. The number of hydrogen-bond donors (Lipinski definition) is 0. The summed E-state index contributed by atoms with van der Waals surface area (Å²) in [5.41, 5.74) is 8.39. The molecule has 10 nitrogen and oxygen atoms in total. The van der Waals surface area contributed by atoms with Crippen molar-refractivity contribution in [2.75, 3.05) is 0 Å². The highest BCUT2D eigenvalue weighted by Crippen LogP contribution is 2.43. The molecular formula is C69H39F3N10. The Balaban J connectivity index is 1.01. The monoisotopic (exact) mass is 1060 g/mol. The van der Waals surface area contributed by atoms with Crippen LogP contribution in [0.5, 0.6) is 0 Å². The lowest BCUT2D eigenvalue weighted by Crippen LogP contribution is -2.07. The van der Waals surface area contributed by atoms with Crippen molar-refractivity contribution in [3.8, 4) is 103 Å². The molecule has 0 aliphatic heterocycles. The first-order chi connectivity index (χ1) is 40.2. The predicted molar refractivity (Wildman–Crippen MR) is 314 cm³/mol. The van der Waals surface area contributed by atoms with Crippen LogP contribution in [0.1, 0.15) is 16.7 Å². The standard InChI is InChI=1S/C69H39F3N10/c70-69(71,72)50-31-32-51(49(35-50)40-73)48-38-61(81-57-27-15-13-25-52(57)54-36-46(29-33-59(54)81)67-77-63(42-17-5-1-6-18-42)75-64(78-67)43-19-7-2-8-20-43)56(41-74)62(39-48)82-58-28-16-14-26-53(58)55-37-47(30-34-60(55)82)68-79-65(44-21-9-3-10-22-44)76-66(80-68)45-23-11-4-12-24-45/h1-39H. The number of nitrogens with zero attached hydrogens (tertiary/aromatic N) is 10. The first-order valence-corrected chi connectivity index (χ1v) is 26.2. The Kier molecular flexibility index (Phi) is 11.8. The van der Waals surface area contributed by atoms with Gasteiger partial charge < -0.3 is 9.13 Å². The summed E-state index contributed by atoms with van der Waals surface area (Å²) in [6.45, 7) is 0. The third-order valence-corrected chi connectivity index (χ3v) is 14.7. The van der Waals surface area contributed by atoms with E-state index in [-0.39, 0.29) is 16.7 Å². The Bertz CT molecular complexity index is 4550. The minimum atomic E-state index is -4.70. The summed E-state index contributed by atoms with van der Waals surface area (Å²) in [6.07, 6.45) is -4.70. The number of fused-ring (bicyclic) bond motifs is 6. The Morgan fingerprint density at radius 2 is 0.671 bits per heavy atom. The molecule has 0 bridgehead atoms. The molecule has 0 amide bonds. The highest BCUT2D eigenvalue weighted by Gasteiger charge is 2.32. The Morgan fingerprint density at radius 1 is 0.317 bits per heavy atom. The van der Waals surface area contributed by atoms with Gasteiger partial charge in [-0.25, -0.2) is 29.9 Å². The molecule has 0 spiro atoms. The van der Waals surface area contributed by atoms with Crippen LogP contribution in [0.15, 0.2) is 237 Å². The molecule has 4 heterocycles. The number of nitriles is 2. The van der Waals surface area contributed by atoms with Crippen LogP contribution >= 0.6 is 0 Å². The van der Waals surface area contributed by atoms with Crippen molar-refractivity contribution in [2.45, 2.75) is 6.18 Å². The van der Waals surface area contributed by atoms with E-state index in [0.29, 0.717) is 51.9 Å². The third kappa shape index (κ3) is 8.54. The molecule has 0 atom stereocenters. The van der Waals surface area contributed by atoms with Gasteiger partial charge in [-0.3, -0.25) is 0 Å². The van der Waals surface area contributed by atoms with E-state index >= 15 is 0 Å². The SMILES string of the molecule is N#Cc1cc(C(F)(F)F)ccc1-c1cc(-n2c3ccccc3c3cc(-c4nc(-c5ccccc5)nc(-c5ccccc5)n4)ccc32)c(C#N)c(-n2c3ccccc3c3cc(-c4nc(-c5ccccc5)nc(-c5ccccc5)n4)ccc32)c1. The highest BCUT2D eigenvalue weighted by molar-refractivity contribution is 6.12. The molecule has 0 aliphatic rings. The van der Waals surface area contributed by atoms with Crippen LogP contribution in [-0.4, -0.2) is 39.0 Å². The van der Waals surface area contributed by atoms with Crippen molar-refractivity contribution < 1.29 is 13.2 Å². The number of alkyl halides is 3. The van der Waals surface area contributed by atoms with Crippen LogP contribution in [0.4, 0.5) is 13.2 Å². The summed E-state index contributed by atoms with van der Waals surface area (Å²) in [6, 6.07) is 78.0. The number of benzene rings is 10. The molecule has 0 N–H and O–H groups in total. The Morgan fingerprint density at radius 3 is 1.04 bits per heavy atom. The average molecular weight is 1070 g/mol. The molecule has 4 aromatic heterocycles. The molecule has 82 heavy (non-hydrogen) atoms. The van der Waals surface area contributed by atoms with Gasteiger partial charge in [-0.05, 0) is 83.9 Å². The normalized spacial score (nSPS) is 11.6. The van der Waals surface area contributed by atoms with E-state index in [0.717, 1.165) is 89.1 Å². The van der Waals surface area contributed by atoms with E-state index in [1.165, 1.54) is 6.07 Å². The summed E-state index contributed by atoms with van der Waals surface area (Å²) in [7, 11) is 0. The van der Waals surface area contributed by atoms with Crippen LogP contribution in [0.25, 0.3) is 134 Å². The van der Waals surface area contributed by atoms with Crippen LogP contribution in [0.2, 0.25) is 0 Å². The largest absolute Gasteiger partial charge is 0.416 e. The molecule has 0 saturated heterocycles. The molecule has 0 saturated carbocycles. The quantitative estimate of drug-likeness (QED) is 0.139. The van der Waals surface area contributed by atoms with E-state index in [1.807, 2.05) is 215 Å². The zero-order valence-corrected chi connectivity index (χ0v) is 43.1. The summed E-state index contributed by atoms with van der Waals surface area (Å²) in [5, 5.41) is 25.7. The zero-order chi connectivity index (χ0) is 55.5. The lowest BCUT2D eigenvalue weighted by atomic mass is 9.95. The second-order valence-electron chi connectivity index (χ2n) is 19.6. The van der Waals surface area contributed by atoms with Crippen LogP contribution < -0.4 is 0 Å². The van der Waals surface area contributed by atoms with E-state index in [4.69, 9.17) is 29.9 Å². The van der Waals surface area contributed by atoms with Crippen LogP contribution in [0, 0.1) is 22.7 Å². The van der Waals surface area contributed by atoms with Gasteiger partial charge in [-0.15, -0.1) is 0 Å². The van der Waals surface area contributed by atoms with Crippen LogP contribution in [-0.2, 0) is 6.18 Å². The molecule has 0 unspecified atom stereocenters. The highest BCUT2D eigenvalue weighted by atomic mass is 19.4. The van der Waals surface area contributed by atoms with E-state index in [1.54, 1.807) is 12.1 Å². The summed E-state index contributed by atoms with van der Waals surface area (Å²) >= 11 is 0. The molecule has 0 radical (unpaired) electrons. The molecule has 0 aliphatic carbocycles. The second kappa shape index (κ2) is 19.8. The van der Waals surface area contributed by atoms with Gasteiger partial charge >= 0.3 is 6.18 Å². The van der Waals surface area contributed by atoms with Crippen molar-refractivity contribution in [1.29, 1.82) is 10.5 Å². The topological polar surface area (TPSA) is 135 Å². The maximum absolute atomic E-state index is 14.3. The summed E-state index contributed by atoms with van der Waals surface area (Å²) in [5.74, 6) is 2.96. The minimum absolute atomic E-state index is 0.181. The molecule has 386 valence electrons. The first-order valence-electron chi connectivity index (χ1n) is 26.2. The number of aromatic nitrogens is 8. The van der Waals surface area contributed by atoms with E-state index in [2.05, 4.69) is 12.1 Å². The smallest absolute Gasteiger partial charge is 0.308 e. The van der Waals surface area contributed by atoms with Gasteiger partial charge in [-0.2, -0.15) is 23.7 Å². The van der Waals surface area contributed by atoms with Crippen molar-refractivity contribution in [1.82, 2.24) is 39.0 Å². The minimum Gasteiger partial charge on any atom is -0.308 e. The van der Waals surface area contributed by atoms with Crippen molar-refractivity contribution in [3.63, 3.8) is 0 Å². The van der Waals surface area contributed by atoms with Gasteiger partial charge in [0, 0.05) is 54.9 Å². The summed E-state index contributed by atoms with van der Waals surface area (Å²) in [4.78, 5) is 29.9. The first kappa shape index (κ1) is 48.9. The second-order valence-corrected chi connectivity index (χ2v) is 19.6. The summed E-state index contributed by atoms with van der Waals surface area (Å²) < 4.78 is 47.0. The molecule has 14 aromatic rings.